The predicted molar refractivity (Wildman–Crippen MR) is 147 cm³/mol. The van der Waals surface area contributed by atoms with Gasteiger partial charge in [-0.15, -0.1) is 0 Å². The molecule has 0 unspecified atom stereocenters. The SMILES string of the molecule is O=CN1CCN(C(=O)C[C@@H]2CCN3C[C@@H]2C=CCOc2ccccc2CN(C(=O)C2CCOCC2)CC3=O)CC1. The minimum absolute atomic E-state index is 0.00819. The average Bonchev–Trinajstić information content (AvgIpc) is 3.00. The van der Waals surface area contributed by atoms with Crippen molar-refractivity contribution in [1.82, 2.24) is 19.6 Å². The number of piperazine rings is 1. The minimum Gasteiger partial charge on any atom is -0.489 e. The van der Waals surface area contributed by atoms with Crippen LogP contribution in [0.2, 0.25) is 0 Å². The molecule has 3 fully saturated rings. The van der Waals surface area contributed by atoms with E-state index < -0.39 is 0 Å². The zero-order valence-corrected chi connectivity index (χ0v) is 23.1. The van der Waals surface area contributed by atoms with Crippen molar-refractivity contribution in [2.45, 2.75) is 32.2 Å². The van der Waals surface area contributed by atoms with Crippen molar-refractivity contribution in [3.63, 3.8) is 0 Å². The maximum Gasteiger partial charge on any atom is 0.242 e. The van der Waals surface area contributed by atoms with E-state index in [0.717, 1.165) is 18.4 Å². The van der Waals surface area contributed by atoms with E-state index in [-0.39, 0.29) is 42.0 Å². The summed E-state index contributed by atoms with van der Waals surface area (Å²) in [4.78, 5) is 58.5. The van der Waals surface area contributed by atoms with Gasteiger partial charge in [-0.25, -0.2) is 0 Å². The Morgan fingerprint density at radius 2 is 1.73 bits per heavy atom. The van der Waals surface area contributed by atoms with Gasteiger partial charge in [-0.2, -0.15) is 0 Å². The van der Waals surface area contributed by atoms with Crippen LogP contribution in [0.4, 0.5) is 0 Å². The van der Waals surface area contributed by atoms with Crippen molar-refractivity contribution in [2.24, 2.45) is 17.8 Å². The van der Waals surface area contributed by atoms with Crippen LogP contribution in [0.25, 0.3) is 0 Å². The first-order chi connectivity index (χ1) is 19.5. The molecule has 0 aliphatic carbocycles. The standard InChI is InChI=1S/C30H40N4O6/c35-22-31-11-13-32(14-12-31)28(36)18-24-7-10-33-19-25(24)5-3-15-40-27-6-2-1-4-26(27)20-34(21-29(33)37)30(38)23-8-16-39-17-9-23/h1-6,22-25H,7-21H2/t24-,25-/m0/s1. The first kappa shape index (κ1) is 28.1. The largest absolute Gasteiger partial charge is 0.489 e. The molecule has 2 atom stereocenters. The van der Waals surface area contributed by atoms with Crippen LogP contribution in [0.1, 0.15) is 31.2 Å². The minimum atomic E-state index is -0.148. The van der Waals surface area contributed by atoms with Crippen molar-refractivity contribution < 1.29 is 28.7 Å². The summed E-state index contributed by atoms with van der Waals surface area (Å²) in [6.07, 6.45) is 7.37. The van der Waals surface area contributed by atoms with Crippen LogP contribution in [-0.2, 0) is 30.5 Å². The number of fused-ring (bicyclic) bond motifs is 3. The number of benzene rings is 1. The summed E-state index contributed by atoms with van der Waals surface area (Å²) in [6.45, 7) is 5.13. The highest BCUT2D eigenvalue weighted by molar-refractivity contribution is 5.86. The average molecular weight is 553 g/mol. The van der Waals surface area contributed by atoms with Crippen LogP contribution in [-0.4, -0.2) is 109 Å². The summed E-state index contributed by atoms with van der Waals surface area (Å²) in [6, 6.07) is 7.68. The van der Waals surface area contributed by atoms with Crippen molar-refractivity contribution in [3.8, 4) is 5.75 Å². The number of hydrogen-bond donors (Lipinski definition) is 0. The zero-order valence-electron chi connectivity index (χ0n) is 23.1. The van der Waals surface area contributed by atoms with Crippen molar-refractivity contribution in [2.75, 3.05) is 65.6 Å². The molecule has 0 N–H and O–H groups in total. The number of piperidine rings is 1. The van der Waals surface area contributed by atoms with Crippen molar-refractivity contribution in [1.29, 1.82) is 0 Å². The quantitative estimate of drug-likeness (QED) is 0.415. The summed E-state index contributed by atoms with van der Waals surface area (Å²) in [7, 11) is 0. The highest BCUT2D eigenvalue weighted by atomic mass is 16.5. The van der Waals surface area contributed by atoms with Crippen molar-refractivity contribution >= 4 is 24.1 Å². The molecule has 5 rings (SSSR count). The van der Waals surface area contributed by atoms with E-state index in [0.29, 0.717) is 90.6 Å². The third-order valence-electron chi connectivity index (χ3n) is 8.67. The van der Waals surface area contributed by atoms with Gasteiger partial charge in [0.25, 0.3) is 0 Å². The molecule has 2 bridgehead atoms. The zero-order chi connectivity index (χ0) is 27.9. The second-order valence-corrected chi connectivity index (χ2v) is 11.2. The van der Waals surface area contributed by atoms with Crippen LogP contribution >= 0.6 is 0 Å². The fraction of sp³-hybridized carbons (Fsp3) is 0.600. The molecular formula is C30H40N4O6. The first-order valence-corrected chi connectivity index (χ1v) is 14.5. The lowest BCUT2D eigenvalue weighted by atomic mass is 9.82. The fourth-order valence-electron chi connectivity index (χ4n) is 6.19. The van der Waals surface area contributed by atoms with Gasteiger partial charge < -0.3 is 29.1 Å². The molecule has 1 aromatic carbocycles. The molecular weight excluding hydrogens is 512 g/mol. The van der Waals surface area contributed by atoms with Crippen LogP contribution in [0.3, 0.4) is 0 Å². The van der Waals surface area contributed by atoms with E-state index in [4.69, 9.17) is 9.47 Å². The van der Waals surface area contributed by atoms with E-state index in [2.05, 4.69) is 6.08 Å². The molecule has 216 valence electrons. The third-order valence-corrected chi connectivity index (χ3v) is 8.67. The fourth-order valence-corrected chi connectivity index (χ4v) is 6.19. The van der Waals surface area contributed by atoms with E-state index >= 15 is 0 Å². The summed E-state index contributed by atoms with van der Waals surface area (Å²) in [5, 5.41) is 0. The highest BCUT2D eigenvalue weighted by Crippen LogP contribution is 2.30. The van der Waals surface area contributed by atoms with Crippen LogP contribution in [0.15, 0.2) is 36.4 Å². The molecule has 4 heterocycles. The molecule has 4 amide bonds. The Morgan fingerprint density at radius 1 is 0.950 bits per heavy atom. The Hall–Kier alpha value is -3.40. The lowest BCUT2D eigenvalue weighted by Gasteiger charge is -2.39. The molecule has 1 aromatic rings. The Kier molecular flexibility index (Phi) is 9.36. The van der Waals surface area contributed by atoms with E-state index in [1.54, 1.807) is 9.80 Å². The normalized spacial score (nSPS) is 24.8. The molecule has 0 aromatic heterocycles. The summed E-state index contributed by atoms with van der Waals surface area (Å²) < 4.78 is 11.6. The molecule has 4 aliphatic rings. The third kappa shape index (κ3) is 6.83. The smallest absolute Gasteiger partial charge is 0.242 e. The van der Waals surface area contributed by atoms with Gasteiger partial charge in [-0.1, -0.05) is 30.4 Å². The lowest BCUT2D eigenvalue weighted by Crippen LogP contribution is -2.51. The molecule has 0 radical (unpaired) electrons. The molecule has 10 heteroatoms. The van der Waals surface area contributed by atoms with E-state index in [1.807, 2.05) is 40.1 Å². The predicted octanol–water partition coefficient (Wildman–Crippen LogP) is 1.55. The second kappa shape index (κ2) is 13.3. The van der Waals surface area contributed by atoms with Gasteiger partial charge in [0, 0.05) is 76.9 Å². The maximum absolute atomic E-state index is 13.6. The number of hydrogen-bond acceptors (Lipinski definition) is 6. The number of carbonyl (C=O) groups excluding carboxylic acids is 4. The summed E-state index contributed by atoms with van der Waals surface area (Å²) in [5.41, 5.74) is 0.875. The Bertz CT molecular complexity index is 1100. The molecule has 0 saturated carbocycles. The molecule has 3 saturated heterocycles. The van der Waals surface area contributed by atoms with Crippen molar-refractivity contribution in [3.05, 3.63) is 42.0 Å². The van der Waals surface area contributed by atoms with Crippen LogP contribution < -0.4 is 4.74 Å². The Labute approximate surface area is 235 Å². The molecule has 10 nitrogen and oxygen atoms in total. The number of carbonyl (C=O) groups is 4. The monoisotopic (exact) mass is 552 g/mol. The highest BCUT2D eigenvalue weighted by Gasteiger charge is 2.35. The summed E-state index contributed by atoms with van der Waals surface area (Å²) in [5.74, 6) is 0.701. The van der Waals surface area contributed by atoms with E-state index in [9.17, 15) is 19.2 Å². The van der Waals surface area contributed by atoms with Crippen LogP contribution in [0, 0.1) is 17.8 Å². The van der Waals surface area contributed by atoms with E-state index in [1.165, 1.54) is 0 Å². The van der Waals surface area contributed by atoms with Gasteiger partial charge in [-0.3, -0.25) is 19.2 Å². The molecule has 40 heavy (non-hydrogen) atoms. The second-order valence-electron chi connectivity index (χ2n) is 11.2. The van der Waals surface area contributed by atoms with Crippen LogP contribution in [0.5, 0.6) is 5.75 Å². The Balaban J connectivity index is 1.32. The van der Waals surface area contributed by atoms with Gasteiger partial charge in [0.2, 0.25) is 24.1 Å². The number of rotatable bonds is 4. The first-order valence-electron chi connectivity index (χ1n) is 14.5. The summed E-state index contributed by atoms with van der Waals surface area (Å²) >= 11 is 0. The molecule has 0 spiro atoms. The Morgan fingerprint density at radius 3 is 2.50 bits per heavy atom. The van der Waals surface area contributed by atoms with Gasteiger partial charge in [0.1, 0.15) is 18.9 Å². The number of amides is 4. The van der Waals surface area contributed by atoms with Gasteiger partial charge in [0.15, 0.2) is 0 Å². The van der Waals surface area contributed by atoms with Gasteiger partial charge in [0.05, 0.1) is 0 Å². The van der Waals surface area contributed by atoms with Gasteiger partial charge in [-0.05, 0) is 37.2 Å². The number of ether oxygens (including phenoxy) is 2. The topological polar surface area (TPSA) is 99.7 Å². The lowest BCUT2D eigenvalue weighted by molar-refractivity contribution is -0.146. The number of para-hydroxylation sites is 1. The maximum atomic E-state index is 13.6. The molecule has 4 aliphatic heterocycles. The number of nitrogens with zero attached hydrogens (tertiary/aromatic N) is 4. The van der Waals surface area contributed by atoms with Gasteiger partial charge >= 0.3 is 0 Å².